The lowest BCUT2D eigenvalue weighted by atomic mass is 9.93. The van der Waals surface area contributed by atoms with Gasteiger partial charge in [-0.15, -0.1) is 0 Å². The number of methoxy groups -OCH3 is 1. The highest BCUT2D eigenvalue weighted by Crippen LogP contribution is 2.21. The minimum Gasteiger partial charge on any atom is -0.497 e. The minimum absolute atomic E-state index is 0.111. The molecule has 1 atom stereocenters. The Labute approximate surface area is 101 Å². The number of hydrogen-bond acceptors (Lipinski definition) is 2. The largest absolute Gasteiger partial charge is 0.497 e. The second-order valence-corrected chi connectivity index (χ2v) is 4.20. The van der Waals surface area contributed by atoms with E-state index in [1.807, 2.05) is 24.3 Å². The normalized spacial score (nSPS) is 18.8. The average Bonchev–Trinajstić information content (AvgIpc) is 2.40. The van der Waals surface area contributed by atoms with Crippen LogP contribution in [-0.2, 0) is 4.79 Å². The van der Waals surface area contributed by atoms with Crippen molar-refractivity contribution in [3.05, 3.63) is 36.4 Å². The number of nitrogens with one attached hydrogen (secondary N) is 1. The number of amides is 1. The molecule has 0 fully saturated rings. The SMILES string of the molecule is COc1ccc(NC(=O)[C@H]2CC=CCC2)cc1. The van der Waals surface area contributed by atoms with Gasteiger partial charge in [0.25, 0.3) is 0 Å². The number of allylic oxidation sites excluding steroid dienone is 2. The van der Waals surface area contributed by atoms with Crippen LogP contribution in [0.15, 0.2) is 36.4 Å². The van der Waals surface area contributed by atoms with Gasteiger partial charge in [0.1, 0.15) is 5.75 Å². The molecule has 0 saturated carbocycles. The maximum Gasteiger partial charge on any atom is 0.227 e. The van der Waals surface area contributed by atoms with Gasteiger partial charge in [-0.1, -0.05) is 12.2 Å². The van der Waals surface area contributed by atoms with Crippen molar-refractivity contribution in [3.8, 4) is 5.75 Å². The van der Waals surface area contributed by atoms with Crippen LogP contribution in [0.3, 0.4) is 0 Å². The number of ether oxygens (including phenoxy) is 1. The molecular weight excluding hydrogens is 214 g/mol. The predicted octanol–water partition coefficient (Wildman–Crippen LogP) is 2.99. The lowest BCUT2D eigenvalue weighted by molar-refractivity contribution is -0.120. The van der Waals surface area contributed by atoms with Gasteiger partial charge in [0, 0.05) is 11.6 Å². The summed E-state index contributed by atoms with van der Waals surface area (Å²) in [5, 5.41) is 2.93. The number of carbonyl (C=O) groups is 1. The van der Waals surface area contributed by atoms with E-state index in [0.717, 1.165) is 30.7 Å². The smallest absolute Gasteiger partial charge is 0.227 e. The Morgan fingerprint density at radius 3 is 2.65 bits per heavy atom. The predicted molar refractivity (Wildman–Crippen MR) is 68.1 cm³/mol. The molecule has 17 heavy (non-hydrogen) atoms. The van der Waals surface area contributed by atoms with E-state index in [-0.39, 0.29) is 11.8 Å². The monoisotopic (exact) mass is 231 g/mol. The van der Waals surface area contributed by atoms with Crippen LogP contribution in [0.1, 0.15) is 19.3 Å². The molecule has 2 rings (SSSR count). The van der Waals surface area contributed by atoms with Crippen molar-refractivity contribution in [1.29, 1.82) is 0 Å². The topological polar surface area (TPSA) is 38.3 Å². The Kier molecular flexibility index (Phi) is 3.81. The van der Waals surface area contributed by atoms with Crippen molar-refractivity contribution in [3.63, 3.8) is 0 Å². The fourth-order valence-electron chi connectivity index (χ4n) is 1.95. The van der Waals surface area contributed by atoms with Gasteiger partial charge in [0.15, 0.2) is 0 Å². The maximum atomic E-state index is 11.9. The molecule has 1 aromatic rings. The van der Waals surface area contributed by atoms with Gasteiger partial charge >= 0.3 is 0 Å². The fourth-order valence-corrected chi connectivity index (χ4v) is 1.95. The Bertz CT molecular complexity index is 409. The molecule has 1 amide bonds. The summed E-state index contributed by atoms with van der Waals surface area (Å²) >= 11 is 0. The molecule has 0 bridgehead atoms. The summed E-state index contributed by atoms with van der Waals surface area (Å²) in [6, 6.07) is 7.40. The van der Waals surface area contributed by atoms with Crippen molar-refractivity contribution in [2.75, 3.05) is 12.4 Å². The first-order valence-electron chi connectivity index (χ1n) is 5.89. The lowest BCUT2D eigenvalue weighted by Gasteiger charge is -2.17. The van der Waals surface area contributed by atoms with E-state index in [9.17, 15) is 4.79 Å². The molecule has 1 aliphatic rings. The highest BCUT2D eigenvalue weighted by molar-refractivity contribution is 5.92. The first-order chi connectivity index (χ1) is 8.29. The molecule has 3 nitrogen and oxygen atoms in total. The summed E-state index contributed by atoms with van der Waals surface area (Å²) in [6.07, 6.45) is 7.01. The first-order valence-corrected chi connectivity index (χ1v) is 5.89. The van der Waals surface area contributed by atoms with E-state index < -0.39 is 0 Å². The second kappa shape index (κ2) is 5.53. The van der Waals surface area contributed by atoms with Gasteiger partial charge < -0.3 is 10.1 Å². The van der Waals surface area contributed by atoms with Crippen molar-refractivity contribution in [2.45, 2.75) is 19.3 Å². The summed E-state index contributed by atoms with van der Waals surface area (Å²) in [5.41, 5.74) is 0.824. The van der Waals surface area contributed by atoms with Gasteiger partial charge in [0.2, 0.25) is 5.91 Å². The molecule has 1 N–H and O–H groups in total. The number of rotatable bonds is 3. The molecule has 3 heteroatoms. The number of benzene rings is 1. The van der Waals surface area contributed by atoms with Crippen LogP contribution in [0.4, 0.5) is 5.69 Å². The Balaban J connectivity index is 1.95. The van der Waals surface area contributed by atoms with Crippen molar-refractivity contribution in [2.24, 2.45) is 5.92 Å². The van der Waals surface area contributed by atoms with E-state index in [1.54, 1.807) is 7.11 Å². The molecule has 0 heterocycles. The molecule has 0 unspecified atom stereocenters. The second-order valence-electron chi connectivity index (χ2n) is 4.20. The molecule has 1 aromatic carbocycles. The van der Waals surface area contributed by atoms with Crippen LogP contribution in [0.5, 0.6) is 5.75 Å². The molecule has 0 aliphatic heterocycles. The fraction of sp³-hybridized carbons (Fsp3) is 0.357. The molecule has 90 valence electrons. The number of carbonyl (C=O) groups excluding carboxylic acids is 1. The zero-order chi connectivity index (χ0) is 12.1. The van der Waals surface area contributed by atoms with E-state index in [4.69, 9.17) is 4.74 Å². The van der Waals surface area contributed by atoms with Crippen molar-refractivity contribution >= 4 is 11.6 Å². The lowest BCUT2D eigenvalue weighted by Crippen LogP contribution is -2.23. The van der Waals surface area contributed by atoms with Gasteiger partial charge in [-0.3, -0.25) is 4.79 Å². The van der Waals surface area contributed by atoms with Crippen molar-refractivity contribution < 1.29 is 9.53 Å². The van der Waals surface area contributed by atoms with Crippen LogP contribution in [0.2, 0.25) is 0 Å². The maximum absolute atomic E-state index is 11.9. The van der Waals surface area contributed by atoms with Crippen molar-refractivity contribution in [1.82, 2.24) is 0 Å². The zero-order valence-electron chi connectivity index (χ0n) is 9.98. The minimum atomic E-state index is 0.111. The standard InChI is InChI=1S/C14H17NO2/c1-17-13-9-7-12(8-10-13)15-14(16)11-5-3-2-4-6-11/h2-3,7-11H,4-6H2,1H3,(H,15,16)/t11-/m0/s1. The van der Waals surface area contributed by atoms with Crippen LogP contribution in [0, 0.1) is 5.92 Å². The van der Waals surface area contributed by atoms with Crippen LogP contribution in [0.25, 0.3) is 0 Å². The molecule has 0 spiro atoms. The molecule has 0 saturated heterocycles. The zero-order valence-corrected chi connectivity index (χ0v) is 9.98. The van der Waals surface area contributed by atoms with Gasteiger partial charge in [-0.25, -0.2) is 0 Å². The third-order valence-electron chi connectivity index (χ3n) is 3.00. The number of anilines is 1. The van der Waals surface area contributed by atoms with E-state index in [0.29, 0.717) is 0 Å². The van der Waals surface area contributed by atoms with Crippen LogP contribution < -0.4 is 10.1 Å². The summed E-state index contributed by atoms with van der Waals surface area (Å²) in [5.74, 6) is 1.02. The third kappa shape index (κ3) is 3.09. The third-order valence-corrected chi connectivity index (χ3v) is 3.00. The highest BCUT2D eigenvalue weighted by Gasteiger charge is 2.18. The van der Waals surface area contributed by atoms with E-state index >= 15 is 0 Å². The van der Waals surface area contributed by atoms with Gasteiger partial charge in [-0.2, -0.15) is 0 Å². The molecule has 0 radical (unpaired) electrons. The van der Waals surface area contributed by atoms with E-state index in [1.165, 1.54) is 0 Å². The summed E-state index contributed by atoms with van der Waals surface area (Å²) in [7, 11) is 1.63. The molecule has 1 aliphatic carbocycles. The van der Waals surface area contributed by atoms with Gasteiger partial charge in [-0.05, 0) is 43.5 Å². The Morgan fingerprint density at radius 1 is 1.29 bits per heavy atom. The van der Waals surface area contributed by atoms with Gasteiger partial charge in [0.05, 0.1) is 7.11 Å². The summed E-state index contributed by atoms with van der Waals surface area (Å²) in [6.45, 7) is 0. The average molecular weight is 231 g/mol. The number of hydrogen-bond donors (Lipinski definition) is 1. The quantitative estimate of drug-likeness (QED) is 0.812. The summed E-state index contributed by atoms with van der Waals surface area (Å²) < 4.78 is 5.07. The molecular formula is C14H17NO2. The first kappa shape index (κ1) is 11.7. The molecule has 0 aromatic heterocycles. The van der Waals surface area contributed by atoms with Crippen LogP contribution >= 0.6 is 0 Å². The Hall–Kier alpha value is -1.77. The highest BCUT2D eigenvalue weighted by atomic mass is 16.5. The van der Waals surface area contributed by atoms with E-state index in [2.05, 4.69) is 17.5 Å². The summed E-state index contributed by atoms with van der Waals surface area (Å²) in [4.78, 5) is 11.9. The van der Waals surface area contributed by atoms with Crippen LogP contribution in [-0.4, -0.2) is 13.0 Å². The Morgan fingerprint density at radius 2 is 2.06 bits per heavy atom.